The number of sulfone groups is 1. The Labute approximate surface area is 95.9 Å². The maximum Gasteiger partial charge on any atom is 0.153 e. The summed E-state index contributed by atoms with van der Waals surface area (Å²) in [6.45, 7) is 1.62. The second-order valence-corrected chi connectivity index (χ2v) is 6.55. The average Bonchev–Trinajstić information content (AvgIpc) is 2.81. The van der Waals surface area contributed by atoms with E-state index in [0.29, 0.717) is 6.42 Å². The molecular weight excluding hydrogens is 226 g/mol. The summed E-state index contributed by atoms with van der Waals surface area (Å²) in [6.07, 6.45) is 3.53. The predicted molar refractivity (Wildman–Crippen MR) is 62.1 cm³/mol. The van der Waals surface area contributed by atoms with Crippen LogP contribution in [0.3, 0.4) is 0 Å². The summed E-state index contributed by atoms with van der Waals surface area (Å²) < 4.78 is 29.2. The van der Waals surface area contributed by atoms with Gasteiger partial charge in [-0.1, -0.05) is 0 Å². The Hall–Kier alpha value is -0.810. The molecule has 2 rings (SSSR count). The highest BCUT2D eigenvalue weighted by Crippen LogP contribution is 2.15. The molecule has 0 saturated carbocycles. The molecule has 4 nitrogen and oxygen atoms in total. The van der Waals surface area contributed by atoms with Crippen molar-refractivity contribution in [3.63, 3.8) is 0 Å². The highest BCUT2D eigenvalue weighted by molar-refractivity contribution is 7.92. The number of hydrogen-bond acceptors (Lipinski definition) is 4. The summed E-state index contributed by atoms with van der Waals surface area (Å²) in [5, 5.41) is 3.01. The van der Waals surface area contributed by atoms with Gasteiger partial charge in [0.15, 0.2) is 9.84 Å². The number of hydrogen-bond donors (Lipinski definition) is 1. The van der Waals surface area contributed by atoms with Gasteiger partial charge in [0.2, 0.25) is 0 Å². The fourth-order valence-electron chi connectivity index (χ4n) is 2.02. The summed E-state index contributed by atoms with van der Waals surface area (Å²) in [7, 11) is -2.96. The SMILES string of the molecule is O=S(=O)(CCc1ccco1)C1CCNCC1. The molecule has 16 heavy (non-hydrogen) atoms. The minimum atomic E-state index is -2.96. The zero-order chi connectivity index (χ0) is 11.4. The minimum Gasteiger partial charge on any atom is -0.469 e. The van der Waals surface area contributed by atoms with Crippen LogP contribution in [0.4, 0.5) is 0 Å². The van der Waals surface area contributed by atoms with E-state index in [1.165, 1.54) is 0 Å². The highest BCUT2D eigenvalue weighted by atomic mass is 32.2. The first-order valence-electron chi connectivity index (χ1n) is 5.63. The third-order valence-corrected chi connectivity index (χ3v) is 5.27. The molecule has 0 bridgehead atoms. The van der Waals surface area contributed by atoms with E-state index in [0.717, 1.165) is 31.7 Å². The van der Waals surface area contributed by atoms with Crippen molar-refractivity contribution in [1.29, 1.82) is 0 Å². The first kappa shape index (κ1) is 11.7. The molecule has 0 aliphatic carbocycles. The summed E-state index contributed by atoms with van der Waals surface area (Å²) in [5.74, 6) is 0.947. The number of rotatable bonds is 4. The molecule has 1 N–H and O–H groups in total. The molecule has 1 saturated heterocycles. The van der Waals surface area contributed by atoms with Gasteiger partial charge in [0.1, 0.15) is 5.76 Å². The lowest BCUT2D eigenvalue weighted by molar-refractivity contribution is 0.490. The van der Waals surface area contributed by atoms with Gasteiger partial charge in [-0.05, 0) is 38.1 Å². The van der Waals surface area contributed by atoms with Gasteiger partial charge in [-0.2, -0.15) is 0 Å². The van der Waals surface area contributed by atoms with Crippen LogP contribution < -0.4 is 5.32 Å². The van der Waals surface area contributed by atoms with Crippen molar-refractivity contribution in [2.45, 2.75) is 24.5 Å². The van der Waals surface area contributed by atoms with Gasteiger partial charge in [0.05, 0.1) is 17.3 Å². The molecule has 1 aliphatic heterocycles. The van der Waals surface area contributed by atoms with E-state index in [1.54, 1.807) is 12.3 Å². The van der Waals surface area contributed by atoms with Crippen molar-refractivity contribution in [2.75, 3.05) is 18.8 Å². The van der Waals surface area contributed by atoms with E-state index in [-0.39, 0.29) is 11.0 Å². The summed E-state index contributed by atoms with van der Waals surface area (Å²) in [6, 6.07) is 3.60. The van der Waals surface area contributed by atoms with Crippen molar-refractivity contribution in [1.82, 2.24) is 5.32 Å². The molecule has 2 heterocycles. The Balaban J connectivity index is 1.91. The monoisotopic (exact) mass is 243 g/mol. The molecule has 0 spiro atoms. The summed E-state index contributed by atoms with van der Waals surface area (Å²) in [5.41, 5.74) is 0. The van der Waals surface area contributed by atoms with Crippen LogP contribution in [-0.4, -0.2) is 32.5 Å². The van der Waals surface area contributed by atoms with Gasteiger partial charge in [0, 0.05) is 6.42 Å². The summed E-state index contributed by atoms with van der Waals surface area (Å²) in [4.78, 5) is 0. The molecule has 0 aromatic carbocycles. The molecule has 0 unspecified atom stereocenters. The first-order chi connectivity index (χ1) is 7.68. The molecule has 1 aromatic heterocycles. The lowest BCUT2D eigenvalue weighted by atomic mass is 10.2. The minimum absolute atomic E-state index is 0.163. The van der Waals surface area contributed by atoms with E-state index in [4.69, 9.17) is 4.42 Å². The third kappa shape index (κ3) is 2.86. The highest BCUT2D eigenvalue weighted by Gasteiger charge is 2.26. The maximum absolute atomic E-state index is 12.0. The van der Waals surface area contributed by atoms with Crippen LogP contribution in [0.5, 0.6) is 0 Å². The predicted octanol–water partition coefficient (Wildman–Crippen LogP) is 0.989. The van der Waals surface area contributed by atoms with Crippen LogP contribution in [0.25, 0.3) is 0 Å². The van der Waals surface area contributed by atoms with E-state index >= 15 is 0 Å². The molecular formula is C11H17NO3S. The molecule has 0 amide bonds. The van der Waals surface area contributed by atoms with Crippen LogP contribution in [-0.2, 0) is 16.3 Å². The Morgan fingerprint density at radius 1 is 1.38 bits per heavy atom. The molecule has 1 fully saturated rings. The Morgan fingerprint density at radius 2 is 2.12 bits per heavy atom. The van der Waals surface area contributed by atoms with Crippen molar-refractivity contribution < 1.29 is 12.8 Å². The van der Waals surface area contributed by atoms with Gasteiger partial charge < -0.3 is 9.73 Å². The third-order valence-electron chi connectivity index (χ3n) is 3.01. The normalized spacial score (nSPS) is 18.8. The van der Waals surface area contributed by atoms with Gasteiger partial charge in [-0.25, -0.2) is 8.42 Å². The van der Waals surface area contributed by atoms with E-state index in [2.05, 4.69) is 5.32 Å². The van der Waals surface area contributed by atoms with E-state index < -0.39 is 9.84 Å². The van der Waals surface area contributed by atoms with E-state index in [9.17, 15) is 8.42 Å². The van der Waals surface area contributed by atoms with Gasteiger partial charge >= 0.3 is 0 Å². The number of furan rings is 1. The molecule has 1 aromatic rings. The van der Waals surface area contributed by atoms with Crippen molar-refractivity contribution in [3.05, 3.63) is 24.2 Å². The smallest absolute Gasteiger partial charge is 0.153 e. The zero-order valence-corrected chi connectivity index (χ0v) is 10.0. The second-order valence-electron chi connectivity index (χ2n) is 4.15. The number of aryl methyl sites for hydroxylation is 1. The Morgan fingerprint density at radius 3 is 2.75 bits per heavy atom. The Bertz CT molecular complexity index is 404. The van der Waals surface area contributed by atoms with Crippen LogP contribution >= 0.6 is 0 Å². The largest absolute Gasteiger partial charge is 0.469 e. The number of nitrogens with one attached hydrogen (secondary N) is 1. The van der Waals surface area contributed by atoms with Crippen LogP contribution in [0.2, 0.25) is 0 Å². The first-order valence-corrected chi connectivity index (χ1v) is 7.35. The van der Waals surface area contributed by atoms with Gasteiger partial charge in [-0.3, -0.25) is 0 Å². The summed E-state index contributed by atoms with van der Waals surface area (Å²) >= 11 is 0. The lowest BCUT2D eigenvalue weighted by Crippen LogP contribution is -2.37. The molecule has 0 radical (unpaired) electrons. The molecule has 5 heteroatoms. The van der Waals surface area contributed by atoms with Crippen molar-refractivity contribution in [3.8, 4) is 0 Å². The van der Waals surface area contributed by atoms with Gasteiger partial charge in [0.25, 0.3) is 0 Å². The molecule has 1 aliphatic rings. The van der Waals surface area contributed by atoms with E-state index in [1.807, 2.05) is 6.07 Å². The molecule has 0 atom stereocenters. The maximum atomic E-state index is 12.0. The van der Waals surface area contributed by atoms with Crippen LogP contribution in [0, 0.1) is 0 Å². The average molecular weight is 243 g/mol. The van der Waals surface area contributed by atoms with Gasteiger partial charge in [-0.15, -0.1) is 0 Å². The Kier molecular flexibility index (Phi) is 3.66. The van der Waals surface area contributed by atoms with Crippen LogP contribution in [0.15, 0.2) is 22.8 Å². The zero-order valence-electron chi connectivity index (χ0n) is 9.19. The second kappa shape index (κ2) is 5.01. The fraction of sp³-hybridized carbons (Fsp3) is 0.636. The lowest BCUT2D eigenvalue weighted by Gasteiger charge is -2.22. The fourth-order valence-corrected chi connectivity index (χ4v) is 3.79. The van der Waals surface area contributed by atoms with Crippen LogP contribution in [0.1, 0.15) is 18.6 Å². The standard InChI is InChI=1S/C11H17NO3S/c13-16(14,11-3-6-12-7-4-11)9-5-10-2-1-8-15-10/h1-2,8,11-12H,3-7,9H2. The van der Waals surface area contributed by atoms with Crippen molar-refractivity contribution >= 4 is 9.84 Å². The topological polar surface area (TPSA) is 59.3 Å². The van der Waals surface area contributed by atoms with Crippen molar-refractivity contribution in [2.24, 2.45) is 0 Å². The number of piperidine rings is 1. The molecule has 90 valence electrons. The quantitative estimate of drug-likeness (QED) is 0.856.